The molecule has 7 nitrogen and oxygen atoms in total. The second-order valence-corrected chi connectivity index (χ2v) is 8.52. The fourth-order valence-corrected chi connectivity index (χ4v) is 4.24. The Morgan fingerprint density at radius 1 is 0.944 bits per heavy atom. The normalized spacial score (nSPS) is 12.7. The summed E-state index contributed by atoms with van der Waals surface area (Å²) < 4.78 is 39.8. The lowest BCUT2D eigenvalue weighted by molar-refractivity contribution is -0.137. The van der Waals surface area contributed by atoms with Crippen molar-refractivity contribution in [1.29, 1.82) is 0 Å². The summed E-state index contributed by atoms with van der Waals surface area (Å²) in [6.45, 7) is 5.50. The molecule has 0 fully saturated rings. The number of hydrogen-bond acceptors (Lipinski definition) is 5. The average Bonchev–Trinajstić information content (AvgIpc) is 3.22. The number of rotatable bonds is 3. The molecule has 1 N–H and O–H groups in total. The van der Waals surface area contributed by atoms with E-state index in [1.165, 1.54) is 16.8 Å². The number of fused-ring (bicyclic) bond motifs is 3. The van der Waals surface area contributed by atoms with Crippen molar-refractivity contribution in [1.82, 2.24) is 30.3 Å². The lowest BCUT2D eigenvalue weighted by atomic mass is 10.1. The van der Waals surface area contributed by atoms with Gasteiger partial charge in [-0.3, -0.25) is 4.98 Å². The third-order valence-corrected chi connectivity index (χ3v) is 6.04. The van der Waals surface area contributed by atoms with Crippen molar-refractivity contribution in [2.75, 3.05) is 0 Å². The van der Waals surface area contributed by atoms with Crippen LogP contribution in [0.25, 0.3) is 33.1 Å². The zero-order valence-electron chi connectivity index (χ0n) is 19.6. The van der Waals surface area contributed by atoms with Gasteiger partial charge in [-0.2, -0.15) is 33.1 Å². The molecule has 2 aromatic carbocycles. The highest BCUT2D eigenvalue weighted by atomic mass is 19.4. The third-order valence-electron chi connectivity index (χ3n) is 6.04. The summed E-state index contributed by atoms with van der Waals surface area (Å²) in [5.74, 6) is 0. The van der Waals surface area contributed by atoms with E-state index in [-0.39, 0.29) is 0 Å². The molecule has 0 unspecified atom stereocenters. The number of alkyl halides is 3. The largest absolute Gasteiger partial charge is 0.416 e. The van der Waals surface area contributed by atoms with Gasteiger partial charge in [0.2, 0.25) is 0 Å². The predicted octanol–water partition coefficient (Wildman–Crippen LogP) is 6.00. The Kier molecular flexibility index (Phi) is 5.66. The molecule has 0 aliphatic carbocycles. The maximum atomic E-state index is 13.2. The van der Waals surface area contributed by atoms with Crippen molar-refractivity contribution in [3.8, 4) is 11.3 Å². The van der Waals surface area contributed by atoms with E-state index >= 15 is 0 Å². The van der Waals surface area contributed by atoms with E-state index in [0.717, 1.165) is 34.1 Å². The molecule has 0 bridgehead atoms. The van der Waals surface area contributed by atoms with Crippen molar-refractivity contribution in [2.45, 2.75) is 33.0 Å². The molecule has 10 heteroatoms. The van der Waals surface area contributed by atoms with Gasteiger partial charge in [0.1, 0.15) is 0 Å². The first-order chi connectivity index (χ1) is 17.1. The van der Waals surface area contributed by atoms with Gasteiger partial charge in [-0.25, -0.2) is 4.79 Å². The van der Waals surface area contributed by atoms with Crippen molar-refractivity contribution < 1.29 is 18.0 Å². The van der Waals surface area contributed by atoms with E-state index in [1.807, 2.05) is 38.1 Å². The summed E-state index contributed by atoms with van der Waals surface area (Å²) in [6.07, 6.45) is -4.40. The lowest BCUT2D eigenvalue weighted by Crippen LogP contribution is -2.32. The van der Waals surface area contributed by atoms with Crippen molar-refractivity contribution in [2.24, 2.45) is 0 Å². The summed E-state index contributed by atoms with van der Waals surface area (Å²) in [5, 5.41) is 17.3. The number of aromatic nitrogens is 5. The van der Waals surface area contributed by atoms with Crippen LogP contribution in [0.2, 0.25) is 0 Å². The van der Waals surface area contributed by atoms with Gasteiger partial charge in [0.25, 0.3) is 0 Å². The molecular formula is C26H21F3N6O. The molecule has 0 spiro atoms. The van der Waals surface area contributed by atoms with Crippen molar-refractivity contribution in [3.63, 3.8) is 0 Å². The Morgan fingerprint density at radius 2 is 1.67 bits per heavy atom. The number of pyridine rings is 1. The highest BCUT2D eigenvalue weighted by Gasteiger charge is 2.30. The number of nitrogens with zero attached hydrogens (tertiary/aromatic N) is 5. The average molecular weight is 490 g/mol. The minimum Gasteiger partial charge on any atom is -0.328 e. The van der Waals surface area contributed by atoms with Crippen LogP contribution in [0, 0.1) is 13.8 Å². The van der Waals surface area contributed by atoms with Gasteiger partial charge in [0, 0.05) is 22.0 Å². The molecule has 1 amide bonds. The number of hydrogen-bond donors (Lipinski definition) is 1. The maximum Gasteiger partial charge on any atom is 0.416 e. The third kappa shape index (κ3) is 4.15. The van der Waals surface area contributed by atoms with Crippen molar-refractivity contribution >= 4 is 27.8 Å². The Balaban J connectivity index is 1.40. The van der Waals surface area contributed by atoms with Gasteiger partial charge in [-0.15, -0.1) is 0 Å². The summed E-state index contributed by atoms with van der Waals surface area (Å²) in [4.78, 5) is 17.9. The highest BCUT2D eigenvalue weighted by molar-refractivity contribution is 6.08. The quantitative estimate of drug-likeness (QED) is 0.336. The summed E-state index contributed by atoms with van der Waals surface area (Å²) in [6, 6.07) is 14.7. The summed E-state index contributed by atoms with van der Waals surface area (Å²) in [7, 11) is 0. The van der Waals surface area contributed by atoms with Crippen LogP contribution in [0.15, 0.2) is 60.7 Å². The van der Waals surface area contributed by atoms with Crippen LogP contribution in [-0.2, 0) is 6.18 Å². The minimum atomic E-state index is -4.40. The van der Waals surface area contributed by atoms with Gasteiger partial charge < -0.3 is 5.32 Å². The smallest absolute Gasteiger partial charge is 0.328 e. The fraction of sp³-hybridized carbons (Fsp3) is 0.192. The number of nitrogens with one attached hydrogen (secondary N) is 1. The molecule has 0 aliphatic rings. The molecule has 0 saturated carbocycles. The molecule has 5 rings (SSSR count). The number of amides is 1. The van der Waals surface area contributed by atoms with Gasteiger partial charge in [-0.05, 0) is 51.1 Å². The maximum absolute atomic E-state index is 13.2. The van der Waals surface area contributed by atoms with E-state index in [4.69, 9.17) is 0 Å². The Hall–Kier alpha value is -4.34. The fourth-order valence-electron chi connectivity index (χ4n) is 4.24. The number of para-hydroxylation sites is 1. The Bertz CT molecular complexity index is 1590. The molecule has 0 saturated heterocycles. The van der Waals surface area contributed by atoms with Crippen LogP contribution in [0.5, 0.6) is 0 Å². The molecular weight excluding hydrogens is 469 g/mol. The molecule has 0 aliphatic heterocycles. The van der Waals surface area contributed by atoms with Gasteiger partial charge in [0.05, 0.1) is 39.7 Å². The van der Waals surface area contributed by atoms with Crippen LogP contribution in [0.1, 0.15) is 35.6 Å². The molecule has 5 aromatic rings. The number of aryl methyl sites for hydroxylation is 2. The van der Waals surface area contributed by atoms with Crippen LogP contribution in [0.4, 0.5) is 18.0 Å². The highest BCUT2D eigenvalue weighted by Crippen LogP contribution is 2.31. The molecule has 182 valence electrons. The SMILES string of the molecule is Cc1nc2ccccc2c2c1c(C)nn2C(=O)N[C@H](C)c1ccc(-c2ccc(C(F)(F)F)cc2)nn1. The topological polar surface area (TPSA) is 85.6 Å². The standard InChI is InChI=1S/C26H21F3N6O/c1-14(20-12-13-21(33-32-20)17-8-10-18(11-9-17)26(27,28)29)31-25(36)35-24-19-6-4-5-7-22(19)30-15(2)23(24)16(3)34-35/h4-14H,1-3H3,(H,31,36)/t14-/m1/s1. The van der Waals surface area contributed by atoms with E-state index in [0.29, 0.717) is 28.2 Å². The molecule has 1 atom stereocenters. The van der Waals surface area contributed by atoms with Gasteiger partial charge >= 0.3 is 12.2 Å². The monoisotopic (exact) mass is 490 g/mol. The summed E-state index contributed by atoms with van der Waals surface area (Å²) in [5.41, 5.74) is 3.64. The van der Waals surface area contributed by atoms with Crippen LogP contribution < -0.4 is 5.32 Å². The molecule has 3 heterocycles. The number of carbonyl (C=O) groups is 1. The minimum absolute atomic E-state index is 0.425. The van der Waals surface area contributed by atoms with Crippen LogP contribution in [-0.4, -0.2) is 31.0 Å². The van der Waals surface area contributed by atoms with E-state index in [1.54, 1.807) is 19.1 Å². The second kappa shape index (κ2) is 8.71. The predicted molar refractivity (Wildman–Crippen MR) is 129 cm³/mol. The van der Waals surface area contributed by atoms with Gasteiger partial charge in [-0.1, -0.05) is 30.3 Å². The van der Waals surface area contributed by atoms with E-state index in [2.05, 4.69) is 25.6 Å². The van der Waals surface area contributed by atoms with Crippen LogP contribution in [0.3, 0.4) is 0 Å². The first-order valence-corrected chi connectivity index (χ1v) is 11.2. The molecule has 0 radical (unpaired) electrons. The van der Waals surface area contributed by atoms with Crippen LogP contribution >= 0.6 is 0 Å². The number of halogens is 3. The molecule has 36 heavy (non-hydrogen) atoms. The number of benzene rings is 2. The second-order valence-electron chi connectivity index (χ2n) is 8.52. The molecule has 3 aromatic heterocycles. The van der Waals surface area contributed by atoms with Crippen molar-refractivity contribution in [3.05, 3.63) is 83.3 Å². The lowest BCUT2D eigenvalue weighted by Gasteiger charge is -2.14. The Morgan fingerprint density at radius 3 is 2.33 bits per heavy atom. The first-order valence-electron chi connectivity index (χ1n) is 11.2. The zero-order chi connectivity index (χ0) is 25.6. The number of carbonyl (C=O) groups excluding carboxylic acids is 1. The van der Waals surface area contributed by atoms with Gasteiger partial charge in [0.15, 0.2) is 0 Å². The van der Waals surface area contributed by atoms with E-state index < -0.39 is 23.8 Å². The Labute approximate surface area is 204 Å². The first kappa shape index (κ1) is 23.4. The zero-order valence-corrected chi connectivity index (χ0v) is 19.6. The summed E-state index contributed by atoms with van der Waals surface area (Å²) >= 11 is 0. The van der Waals surface area contributed by atoms with E-state index in [9.17, 15) is 18.0 Å².